The highest BCUT2D eigenvalue weighted by atomic mass is 19.4. The summed E-state index contributed by atoms with van der Waals surface area (Å²) in [6.07, 6.45) is -0.786. The Hall–Kier alpha value is -4.12. The molecule has 0 aliphatic carbocycles. The molecular weight excluding hydrogens is 521 g/mol. The monoisotopic (exact) mass is 554 g/mol. The van der Waals surface area contributed by atoms with Gasteiger partial charge < -0.3 is 21.7 Å². The summed E-state index contributed by atoms with van der Waals surface area (Å²) in [5.74, 6) is 0.297. The van der Waals surface area contributed by atoms with E-state index in [9.17, 15) is 22.8 Å². The molecule has 1 aliphatic heterocycles. The second-order valence-electron chi connectivity index (χ2n) is 9.58. The standard InChI is InChI=1S/C29H33F3N6O2/c30-29(31,32)22-9-5-8-21(18-22)24-12-13-25-27(37-24)38(16-6-15-34-25)28(40)36-23-10-4-7-20(17-23)19-35-26(39)11-2-1-3-14-33/h4-5,7-10,12-13,17-18,34H,1-3,6,11,14-16,19,33H2,(H,35,39)(H,36,40). The van der Waals surface area contributed by atoms with Crippen LogP contribution in [0.3, 0.4) is 0 Å². The lowest BCUT2D eigenvalue weighted by molar-refractivity contribution is -0.137. The van der Waals surface area contributed by atoms with Gasteiger partial charge in [-0.1, -0.05) is 30.7 Å². The highest BCUT2D eigenvalue weighted by Gasteiger charge is 2.31. The van der Waals surface area contributed by atoms with E-state index in [2.05, 4.69) is 20.9 Å². The van der Waals surface area contributed by atoms with E-state index in [1.165, 1.54) is 11.0 Å². The van der Waals surface area contributed by atoms with Gasteiger partial charge >= 0.3 is 12.2 Å². The van der Waals surface area contributed by atoms with Gasteiger partial charge in [0.15, 0.2) is 5.82 Å². The van der Waals surface area contributed by atoms with Crippen LogP contribution in [0.5, 0.6) is 0 Å². The number of unbranched alkanes of at least 4 members (excludes halogenated alkanes) is 2. The number of alkyl halides is 3. The van der Waals surface area contributed by atoms with Crippen molar-refractivity contribution in [2.45, 2.75) is 44.8 Å². The molecule has 0 atom stereocenters. The van der Waals surface area contributed by atoms with Crippen LogP contribution in [-0.2, 0) is 17.5 Å². The number of halogens is 3. The number of fused-ring (bicyclic) bond motifs is 1. The van der Waals surface area contributed by atoms with E-state index in [1.807, 2.05) is 6.07 Å². The minimum absolute atomic E-state index is 0.0391. The summed E-state index contributed by atoms with van der Waals surface area (Å²) in [7, 11) is 0. The molecule has 0 saturated heterocycles. The minimum atomic E-state index is -4.48. The number of nitrogens with zero attached hydrogens (tertiary/aromatic N) is 2. The maximum absolute atomic E-state index is 13.4. The highest BCUT2D eigenvalue weighted by Crippen LogP contribution is 2.34. The lowest BCUT2D eigenvalue weighted by atomic mass is 10.1. The molecule has 40 heavy (non-hydrogen) atoms. The molecule has 0 bridgehead atoms. The largest absolute Gasteiger partial charge is 0.416 e. The lowest BCUT2D eigenvalue weighted by Gasteiger charge is -2.22. The van der Waals surface area contributed by atoms with E-state index in [0.717, 1.165) is 37.0 Å². The SMILES string of the molecule is NCCCCCC(=O)NCc1cccc(NC(=O)N2CCCNc3ccc(-c4cccc(C(F)(F)F)c4)nc32)c1. The molecule has 2 aromatic carbocycles. The summed E-state index contributed by atoms with van der Waals surface area (Å²) in [6.45, 7) is 1.93. The molecular formula is C29H33F3N6O2. The van der Waals surface area contributed by atoms with Crippen LogP contribution in [0.25, 0.3) is 11.3 Å². The molecule has 0 spiro atoms. The zero-order chi connectivity index (χ0) is 28.5. The van der Waals surface area contributed by atoms with Gasteiger partial charge in [0.2, 0.25) is 5.91 Å². The molecule has 1 aromatic heterocycles. The predicted molar refractivity (Wildman–Crippen MR) is 150 cm³/mol. The van der Waals surface area contributed by atoms with Gasteiger partial charge in [0.05, 0.1) is 16.9 Å². The van der Waals surface area contributed by atoms with Crippen LogP contribution in [0.2, 0.25) is 0 Å². The van der Waals surface area contributed by atoms with E-state index >= 15 is 0 Å². The Bertz CT molecular complexity index is 1330. The van der Waals surface area contributed by atoms with E-state index in [0.29, 0.717) is 67.5 Å². The summed E-state index contributed by atoms with van der Waals surface area (Å²) in [6, 6.07) is 15.1. The number of aromatic nitrogens is 1. The number of amides is 3. The molecule has 2 heterocycles. The van der Waals surface area contributed by atoms with Gasteiger partial charge in [-0.25, -0.2) is 9.78 Å². The third-order valence-electron chi connectivity index (χ3n) is 6.51. The van der Waals surface area contributed by atoms with Gasteiger partial charge in [-0.05, 0) is 67.8 Å². The Labute approximate surface area is 231 Å². The normalized spacial score (nSPS) is 13.2. The molecule has 0 radical (unpaired) electrons. The maximum atomic E-state index is 13.4. The molecule has 0 saturated carbocycles. The van der Waals surface area contributed by atoms with Gasteiger partial charge in [0.25, 0.3) is 0 Å². The van der Waals surface area contributed by atoms with Gasteiger partial charge in [-0.3, -0.25) is 9.69 Å². The molecule has 4 rings (SSSR count). The number of anilines is 3. The summed E-state index contributed by atoms with van der Waals surface area (Å²) >= 11 is 0. The minimum Gasteiger partial charge on any atom is -0.382 e. The lowest BCUT2D eigenvalue weighted by Crippen LogP contribution is -2.36. The summed E-state index contributed by atoms with van der Waals surface area (Å²) < 4.78 is 39.8. The third kappa shape index (κ3) is 7.72. The quantitative estimate of drug-likeness (QED) is 0.252. The first-order valence-electron chi connectivity index (χ1n) is 13.3. The smallest absolute Gasteiger partial charge is 0.382 e. The van der Waals surface area contributed by atoms with Gasteiger partial charge in [0, 0.05) is 37.3 Å². The predicted octanol–water partition coefficient (Wildman–Crippen LogP) is 5.76. The van der Waals surface area contributed by atoms with E-state index in [4.69, 9.17) is 5.73 Å². The topological polar surface area (TPSA) is 112 Å². The fourth-order valence-corrected chi connectivity index (χ4v) is 4.42. The van der Waals surface area contributed by atoms with Crippen LogP contribution >= 0.6 is 0 Å². The third-order valence-corrected chi connectivity index (χ3v) is 6.51. The van der Waals surface area contributed by atoms with Crippen molar-refractivity contribution in [3.8, 4) is 11.3 Å². The number of nitrogens with one attached hydrogen (secondary N) is 3. The Kier molecular flexibility index (Phi) is 9.60. The summed E-state index contributed by atoms with van der Waals surface area (Å²) in [5, 5.41) is 9.02. The van der Waals surface area contributed by atoms with Crippen LogP contribution in [0.4, 0.5) is 35.2 Å². The molecule has 212 valence electrons. The number of urea groups is 1. The van der Waals surface area contributed by atoms with Crippen molar-refractivity contribution in [3.05, 3.63) is 71.8 Å². The van der Waals surface area contributed by atoms with Gasteiger partial charge in [-0.15, -0.1) is 0 Å². The zero-order valence-corrected chi connectivity index (χ0v) is 22.1. The molecule has 8 nitrogen and oxygen atoms in total. The van der Waals surface area contributed by atoms with Crippen molar-refractivity contribution in [3.63, 3.8) is 0 Å². The maximum Gasteiger partial charge on any atom is 0.416 e. The molecule has 11 heteroatoms. The van der Waals surface area contributed by atoms with Crippen LogP contribution < -0.4 is 26.6 Å². The van der Waals surface area contributed by atoms with Crippen molar-refractivity contribution in [1.82, 2.24) is 10.3 Å². The van der Waals surface area contributed by atoms with Gasteiger partial charge in [-0.2, -0.15) is 13.2 Å². The molecule has 1 aliphatic rings. The van der Waals surface area contributed by atoms with Crippen LogP contribution in [0, 0.1) is 0 Å². The Balaban J connectivity index is 1.47. The first-order chi connectivity index (χ1) is 19.2. The number of nitrogens with two attached hydrogens (primary N) is 1. The van der Waals surface area contributed by atoms with Crippen LogP contribution in [0.15, 0.2) is 60.7 Å². The Morgan fingerprint density at radius 1 is 1.02 bits per heavy atom. The molecule has 3 aromatic rings. The number of carbonyl (C=O) groups excluding carboxylic acids is 2. The number of hydrogen-bond donors (Lipinski definition) is 4. The van der Waals surface area contributed by atoms with Crippen molar-refractivity contribution in [1.29, 1.82) is 0 Å². The molecule has 5 N–H and O–H groups in total. The second-order valence-corrected chi connectivity index (χ2v) is 9.58. The van der Waals surface area contributed by atoms with Crippen LogP contribution in [-0.4, -0.2) is 36.6 Å². The van der Waals surface area contributed by atoms with Crippen molar-refractivity contribution in [2.75, 3.05) is 35.2 Å². The number of pyridine rings is 1. The van der Waals surface area contributed by atoms with E-state index in [-0.39, 0.29) is 5.91 Å². The fraction of sp³-hybridized carbons (Fsp3) is 0.345. The average Bonchev–Trinajstić information content (AvgIpc) is 3.16. The summed E-state index contributed by atoms with van der Waals surface area (Å²) in [5.41, 5.74) is 7.34. The Morgan fingerprint density at radius 3 is 2.65 bits per heavy atom. The zero-order valence-electron chi connectivity index (χ0n) is 22.1. The molecule has 0 fully saturated rings. The number of hydrogen-bond acceptors (Lipinski definition) is 5. The molecule has 3 amide bonds. The van der Waals surface area contributed by atoms with E-state index < -0.39 is 17.8 Å². The van der Waals surface area contributed by atoms with E-state index in [1.54, 1.807) is 36.4 Å². The second kappa shape index (κ2) is 13.3. The Morgan fingerprint density at radius 2 is 1.85 bits per heavy atom. The fourth-order valence-electron chi connectivity index (χ4n) is 4.42. The average molecular weight is 555 g/mol. The highest BCUT2D eigenvalue weighted by molar-refractivity contribution is 6.03. The first-order valence-corrected chi connectivity index (χ1v) is 13.3. The van der Waals surface area contributed by atoms with Gasteiger partial charge in [0.1, 0.15) is 0 Å². The number of carbonyl (C=O) groups is 2. The number of benzene rings is 2. The molecule has 0 unspecified atom stereocenters. The van der Waals surface area contributed by atoms with Crippen molar-refractivity contribution in [2.24, 2.45) is 5.73 Å². The van der Waals surface area contributed by atoms with Crippen molar-refractivity contribution < 1.29 is 22.8 Å². The summed E-state index contributed by atoms with van der Waals surface area (Å²) in [4.78, 5) is 31.6. The van der Waals surface area contributed by atoms with Crippen molar-refractivity contribution >= 4 is 29.1 Å². The number of rotatable bonds is 9. The first kappa shape index (κ1) is 28.9. The van der Waals surface area contributed by atoms with Crippen LogP contribution in [0.1, 0.15) is 43.2 Å².